The van der Waals surface area contributed by atoms with Crippen LogP contribution in [0.4, 0.5) is 0 Å². The van der Waals surface area contributed by atoms with Gasteiger partial charge in [-0.1, -0.05) is 39.2 Å². The van der Waals surface area contributed by atoms with Crippen LogP contribution in [0, 0.1) is 0 Å². The van der Waals surface area contributed by atoms with Crippen LogP contribution in [-0.4, -0.2) is 25.3 Å². The number of hydrogen-bond donors (Lipinski definition) is 0. The zero-order valence-electron chi connectivity index (χ0n) is 10.5. The number of carbonyl (C=O) groups excluding carboxylic acids is 1. The first-order valence-corrected chi connectivity index (χ1v) is 5.99. The summed E-state index contributed by atoms with van der Waals surface area (Å²) in [6.07, 6.45) is 7.86. The highest BCUT2D eigenvalue weighted by atomic mass is 16.5. The quantitative estimate of drug-likeness (QED) is 0.262. The predicted octanol–water partition coefficient (Wildman–Crippen LogP) is 3.15. The van der Waals surface area contributed by atoms with Crippen molar-refractivity contribution in [3.05, 3.63) is 12.2 Å². The standard InChI is InChI=1S/C13H23NO2/c1-4-5-6-7-8-9-14-10-11-16-13(15)12(2)3/h10H,2,4-9,11H2,1,3H3. The Morgan fingerprint density at radius 2 is 2.00 bits per heavy atom. The van der Waals surface area contributed by atoms with Crippen LogP contribution in [0.5, 0.6) is 0 Å². The van der Waals surface area contributed by atoms with Crippen LogP contribution in [0.15, 0.2) is 17.1 Å². The second-order valence-corrected chi connectivity index (χ2v) is 3.88. The van der Waals surface area contributed by atoms with Gasteiger partial charge in [0.05, 0.1) is 0 Å². The van der Waals surface area contributed by atoms with E-state index in [9.17, 15) is 4.79 Å². The molecule has 0 bridgehead atoms. The second-order valence-electron chi connectivity index (χ2n) is 3.88. The molecule has 0 heterocycles. The van der Waals surface area contributed by atoms with E-state index in [4.69, 9.17) is 4.74 Å². The second kappa shape index (κ2) is 10.4. The number of aliphatic imine (C=N–C) groups is 1. The summed E-state index contributed by atoms with van der Waals surface area (Å²) in [6.45, 7) is 8.41. The Morgan fingerprint density at radius 3 is 2.62 bits per heavy atom. The Balaban J connectivity index is 3.28. The van der Waals surface area contributed by atoms with Crippen molar-refractivity contribution < 1.29 is 9.53 Å². The van der Waals surface area contributed by atoms with Crippen LogP contribution in [0.25, 0.3) is 0 Å². The fourth-order valence-corrected chi connectivity index (χ4v) is 1.19. The fraction of sp³-hybridized carbons (Fsp3) is 0.692. The molecule has 0 N–H and O–H groups in total. The number of nitrogens with zero attached hydrogens (tertiary/aromatic N) is 1. The van der Waals surface area contributed by atoms with Crippen LogP contribution in [0.1, 0.15) is 46.0 Å². The number of carbonyl (C=O) groups is 1. The largest absolute Gasteiger partial charge is 0.457 e. The summed E-state index contributed by atoms with van der Waals surface area (Å²) >= 11 is 0. The van der Waals surface area contributed by atoms with E-state index in [1.54, 1.807) is 13.1 Å². The molecule has 92 valence electrons. The first-order chi connectivity index (χ1) is 7.68. The molecule has 0 atom stereocenters. The summed E-state index contributed by atoms with van der Waals surface area (Å²) in [5, 5.41) is 0. The van der Waals surface area contributed by atoms with Gasteiger partial charge < -0.3 is 4.74 Å². The lowest BCUT2D eigenvalue weighted by molar-refractivity contribution is -0.137. The number of rotatable bonds is 9. The number of unbranched alkanes of at least 4 members (excludes halogenated alkanes) is 4. The van der Waals surface area contributed by atoms with E-state index in [1.165, 1.54) is 25.7 Å². The summed E-state index contributed by atoms with van der Waals surface area (Å²) in [6, 6.07) is 0. The minimum absolute atomic E-state index is 0.251. The molecular formula is C13H23NO2. The Bertz CT molecular complexity index is 234. The van der Waals surface area contributed by atoms with E-state index in [0.717, 1.165) is 13.0 Å². The third kappa shape index (κ3) is 9.44. The van der Waals surface area contributed by atoms with Gasteiger partial charge in [0.2, 0.25) is 0 Å². The summed E-state index contributed by atoms with van der Waals surface area (Å²) in [7, 11) is 0. The van der Waals surface area contributed by atoms with Gasteiger partial charge in [0.15, 0.2) is 0 Å². The van der Waals surface area contributed by atoms with E-state index in [2.05, 4.69) is 18.5 Å². The van der Waals surface area contributed by atoms with Crippen LogP contribution in [-0.2, 0) is 9.53 Å². The molecule has 0 amide bonds. The van der Waals surface area contributed by atoms with Gasteiger partial charge in [0, 0.05) is 18.3 Å². The molecule has 0 radical (unpaired) electrons. The summed E-state index contributed by atoms with van der Waals surface area (Å²) in [4.78, 5) is 15.1. The highest BCUT2D eigenvalue weighted by Crippen LogP contribution is 2.01. The Hall–Kier alpha value is -1.12. The minimum atomic E-state index is -0.352. The van der Waals surface area contributed by atoms with E-state index in [-0.39, 0.29) is 12.6 Å². The molecule has 0 aliphatic carbocycles. The predicted molar refractivity (Wildman–Crippen MR) is 67.9 cm³/mol. The third-order valence-electron chi connectivity index (χ3n) is 2.16. The molecule has 0 aromatic heterocycles. The normalized spacial score (nSPS) is 10.6. The molecule has 3 nitrogen and oxygen atoms in total. The van der Waals surface area contributed by atoms with E-state index < -0.39 is 0 Å². The first-order valence-electron chi connectivity index (χ1n) is 5.99. The smallest absolute Gasteiger partial charge is 0.333 e. The van der Waals surface area contributed by atoms with Crippen LogP contribution < -0.4 is 0 Å². The summed E-state index contributed by atoms with van der Waals surface area (Å²) < 4.78 is 4.86. The Kier molecular flexibility index (Phi) is 9.67. The SMILES string of the molecule is C=C(C)C(=O)OCC=NCCCCCCC. The lowest BCUT2D eigenvalue weighted by Gasteiger charge is -1.99. The van der Waals surface area contributed by atoms with Crippen molar-refractivity contribution in [2.24, 2.45) is 4.99 Å². The molecule has 0 rings (SSSR count). The highest BCUT2D eigenvalue weighted by molar-refractivity contribution is 5.87. The average Bonchev–Trinajstić information content (AvgIpc) is 2.26. The van der Waals surface area contributed by atoms with Crippen LogP contribution in [0.3, 0.4) is 0 Å². The highest BCUT2D eigenvalue weighted by Gasteiger charge is 1.99. The Labute approximate surface area is 98.6 Å². The van der Waals surface area contributed by atoms with E-state index >= 15 is 0 Å². The van der Waals surface area contributed by atoms with Crippen LogP contribution in [0.2, 0.25) is 0 Å². The van der Waals surface area contributed by atoms with E-state index in [1.807, 2.05) is 0 Å². The van der Waals surface area contributed by atoms with Gasteiger partial charge in [-0.15, -0.1) is 0 Å². The van der Waals surface area contributed by atoms with Crippen LogP contribution >= 0.6 is 0 Å². The zero-order valence-corrected chi connectivity index (χ0v) is 10.5. The van der Waals surface area contributed by atoms with Crippen molar-refractivity contribution >= 4 is 12.2 Å². The van der Waals surface area contributed by atoms with Gasteiger partial charge in [-0.25, -0.2) is 4.79 Å². The molecule has 0 unspecified atom stereocenters. The van der Waals surface area contributed by atoms with Gasteiger partial charge in [0.1, 0.15) is 6.61 Å². The fourth-order valence-electron chi connectivity index (χ4n) is 1.19. The maximum atomic E-state index is 11.0. The van der Waals surface area contributed by atoms with Crippen molar-refractivity contribution in [3.8, 4) is 0 Å². The topological polar surface area (TPSA) is 38.7 Å². The summed E-state index contributed by atoms with van der Waals surface area (Å²) in [5.41, 5.74) is 0.424. The molecule has 0 aromatic rings. The number of esters is 1. The maximum Gasteiger partial charge on any atom is 0.333 e. The maximum absolute atomic E-state index is 11.0. The van der Waals surface area contributed by atoms with Gasteiger partial charge in [-0.3, -0.25) is 4.99 Å². The Morgan fingerprint density at radius 1 is 1.31 bits per heavy atom. The lowest BCUT2D eigenvalue weighted by atomic mass is 10.2. The number of hydrogen-bond acceptors (Lipinski definition) is 3. The van der Waals surface area contributed by atoms with Gasteiger partial charge in [-0.05, 0) is 13.3 Å². The average molecular weight is 225 g/mol. The zero-order chi connectivity index (χ0) is 12.2. The van der Waals surface area contributed by atoms with Gasteiger partial charge in [-0.2, -0.15) is 0 Å². The van der Waals surface area contributed by atoms with E-state index in [0.29, 0.717) is 5.57 Å². The molecule has 0 aliphatic heterocycles. The summed E-state index contributed by atoms with van der Waals surface area (Å²) in [5.74, 6) is -0.352. The molecule has 0 aromatic carbocycles. The number of ether oxygens (including phenoxy) is 1. The van der Waals surface area contributed by atoms with Crippen molar-refractivity contribution in [1.29, 1.82) is 0 Å². The van der Waals surface area contributed by atoms with Gasteiger partial charge in [0.25, 0.3) is 0 Å². The molecule has 3 heteroatoms. The van der Waals surface area contributed by atoms with Crippen molar-refractivity contribution in [3.63, 3.8) is 0 Å². The molecular weight excluding hydrogens is 202 g/mol. The molecule has 0 fully saturated rings. The molecule has 0 saturated heterocycles. The molecule has 0 saturated carbocycles. The monoisotopic (exact) mass is 225 g/mol. The van der Waals surface area contributed by atoms with Crippen molar-refractivity contribution in [2.75, 3.05) is 13.2 Å². The molecule has 16 heavy (non-hydrogen) atoms. The third-order valence-corrected chi connectivity index (χ3v) is 2.16. The molecule has 0 aliphatic rings. The van der Waals surface area contributed by atoms with Gasteiger partial charge >= 0.3 is 5.97 Å². The minimum Gasteiger partial charge on any atom is -0.457 e. The molecule has 0 spiro atoms. The lowest BCUT2D eigenvalue weighted by Crippen LogP contribution is -2.06. The van der Waals surface area contributed by atoms with Crippen molar-refractivity contribution in [2.45, 2.75) is 46.0 Å². The van der Waals surface area contributed by atoms with Crippen molar-refractivity contribution in [1.82, 2.24) is 0 Å². The first kappa shape index (κ1) is 14.9.